The first-order chi connectivity index (χ1) is 4.80. The maximum Gasteiger partial charge on any atom is 0.307 e. The van der Waals surface area contributed by atoms with Crippen LogP contribution in [-0.4, -0.2) is 24.2 Å². The van der Waals surface area contributed by atoms with Crippen LogP contribution in [0.4, 0.5) is 0 Å². The van der Waals surface area contributed by atoms with Gasteiger partial charge in [0.15, 0.2) is 0 Å². The molecule has 0 saturated carbocycles. The molecule has 1 aliphatic rings. The lowest BCUT2D eigenvalue weighted by Gasteiger charge is -2.05. The number of nitrogens with one attached hydrogen (secondary N) is 1. The number of carboxylic acids is 1. The van der Waals surface area contributed by atoms with Crippen molar-refractivity contribution in [2.75, 3.05) is 13.2 Å². The van der Waals surface area contributed by atoms with Crippen LogP contribution in [0.2, 0.25) is 0 Å². The summed E-state index contributed by atoms with van der Waals surface area (Å²) < 4.78 is 0. The zero-order valence-corrected chi connectivity index (χ0v) is 5.67. The summed E-state index contributed by atoms with van der Waals surface area (Å²) in [6.45, 7) is 1.04. The van der Waals surface area contributed by atoms with Crippen molar-refractivity contribution < 1.29 is 14.7 Å². The largest absolute Gasteiger partial charge is 0.481 e. The summed E-state index contributed by atoms with van der Waals surface area (Å²) in [6.07, 6.45) is 1.53. The van der Waals surface area contributed by atoms with Gasteiger partial charge in [0.05, 0.1) is 12.5 Å². The first-order valence-electron chi connectivity index (χ1n) is 3.38. The summed E-state index contributed by atoms with van der Waals surface area (Å²) in [7, 11) is 0. The summed E-state index contributed by atoms with van der Waals surface area (Å²) >= 11 is 0. The smallest absolute Gasteiger partial charge is 0.307 e. The van der Waals surface area contributed by atoms with Crippen LogP contribution in [0.3, 0.4) is 0 Å². The molecule has 0 aromatic carbocycles. The van der Waals surface area contributed by atoms with E-state index in [1.165, 1.54) is 0 Å². The van der Waals surface area contributed by atoms with E-state index in [1.807, 2.05) is 0 Å². The van der Waals surface area contributed by atoms with Crippen LogP contribution in [0.15, 0.2) is 0 Å². The zero-order valence-electron chi connectivity index (χ0n) is 5.67. The predicted octanol–water partition coefficient (Wildman–Crippen LogP) is 0.00220. The lowest BCUT2D eigenvalue weighted by molar-refractivity contribution is -0.142. The molecule has 0 aromatic rings. The number of hydroxylamine groups is 1. The quantitative estimate of drug-likeness (QED) is 0.545. The molecular weight excluding hydrogens is 134 g/mol. The minimum Gasteiger partial charge on any atom is -0.481 e. The highest BCUT2D eigenvalue weighted by Crippen LogP contribution is 2.08. The minimum atomic E-state index is -0.738. The van der Waals surface area contributed by atoms with Crippen molar-refractivity contribution in [3.63, 3.8) is 0 Å². The van der Waals surface area contributed by atoms with Gasteiger partial charge in [-0.3, -0.25) is 4.79 Å². The second-order valence-corrected chi connectivity index (χ2v) is 2.37. The Morgan fingerprint density at radius 3 is 3.20 bits per heavy atom. The SMILES string of the molecule is O=C(O)C1CCCONC1. The van der Waals surface area contributed by atoms with Crippen LogP contribution < -0.4 is 5.48 Å². The van der Waals surface area contributed by atoms with Crippen molar-refractivity contribution in [1.82, 2.24) is 5.48 Å². The van der Waals surface area contributed by atoms with Crippen molar-refractivity contribution in [1.29, 1.82) is 0 Å². The number of rotatable bonds is 1. The summed E-state index contributed by atoms with van der Waals surface area (Å²) in [4.78, 5) is 15.3. The highest BCUT2D eigenvalue weighted by molar-refractivity contribution is 5.70. The molecule has 1 atom stereocenters. The van der Waals surface area contributed by atoms with Gasteiger partial charge in [-0.1, -0.05) is 0 Å². The van der Waals surface area contributed by atoms with Crippen molar-refractivity contribution in [3.8, 4) is 0 Å². The van der Waals surface area contributed by atoms with Gasteiger partial charge in [0, 0.05) is 6.54 Å². The standard InChI is InChI=1S/C6H11NO3/c8-6(9)5-2-1-3-10-7-4-5/h5,7H,1-4H2,(H,8,9). The van der Waals surface area contributed by atoms with Crippen molar-refractivity contribution in [3.05, 3.63) is 0 Å². The molecule has 1 heterocycles. The molecule has 0 amide bonds. The second-order valence-electron chi connectivity index (χ2n) is 2.37. The van der Waals surface area contributed by atoms with Gasteiger partial charge in [-0.05, 0) is 12.8 Å². The first kappa shape index (κ1) is 7.50. The van der Waals surface area contributed by atoms with Gasteiger partial charge >= 0.3 is 5.97 Å². The number of carboxylic acid groups (broad SMARTS) is 1. The van der Waals surface area contributed by atoms with Crippen molar-refractivity contribution in [2.24, 2.45) is 5.92 Å². The number of hydrogen-bond acceptors (Lipinski definition) is 3. The molecule has 1 unspecified atom stereocenters. The Morgan fingerprint density at radius 1 is 1.70 bits per heavy atom. The third kappa shape index (κ3) is 1.97. The molecule has 4 heteroatoms. The summed E-state index contributed by atoms with van der Waals surface area (Å²) in [5.41, 5.74) is 2.60. The third-order valence-electron chi connectivity index (χ3n) is 1.58. The van der Waals surface area contributed by atoms with E-state index in [0.717, 1.165) is 6.42 Å². The Labute approximate surface area is 59.1 Å². The van der Waals surface area contributed by atoms with Crippen molar-refractivity contribution in [2.45, 2.75) is 12.8 Å². The molecule has 0 aliphatic carbocycles. The maximum atomic E-state index is 10.4. The molecule has 0 aromatic heterocycles. The van der Waals surface area contributed by atoms with Gasteiger partial charge in [-0.25, -0.2) is 5.48 Å². The van der Waals surface area contributed by atoms with Gasteiger partial charge in [0.2, 0.25) is 0 Å². The van der Waals surface area contributed by atoms with Gasteiger partial charge in [0.1, 0.15) is 0 Å². The fourth-order valence-electron chi connectivity index (χ4n) is 0.946. The van der Waals surface area contributed by atoms with Gasteiger partial charge in [0.25, 0.3) is 0 Å². The molecule has 0 spiro atoms. The Kier molecular flexibility index (Phi) is 2.65. The third-order valence-corrected chi connectivity index (χ3v) is 1.58. The fraction of sp³-hybridized carbons (Fsp3) is 0.833. The molecular formula is C6H11NO3. The lowest BCUT2D eigenvalue weighted by atomic mass is 10.1. The number of hydrogen-bond donors (Lipinski definition) is 2. The molecule has 1 saturated heterocycles. The van der Waals surface area contributed by atoms with Crippen LogP contribution in [-0.2, 0) is 9.63 Å². The molecule has 0 bridgehead atoms. The fourth-order valence-corrected chi connectivity index (χ4v) is 0.946. The van der Waals surface area contributed by atoms with E-state index in [1.54, 1.807) is 0 Å². The van der Waals surface area contributed by atoms with Crippen LogP contribution >= 0.6 is 0 Å². The average molecular weight is 145 g/mol. The van der Waals surface area contributed by atoms with Gasteiger partial charge < -0.3 is 9.94 Å². The highest BCUT2D eigenvalue weighted by Gasteiger charge is 2.18. The Balaban J connectivity index is 2.35. The van der Waals surface area contributed by atoms with E-state index in [-0.39, 0.29) is 5.92 Å². The predicted molar refractivity (Wildman–Crippen MR) is 34.3 cm³/mol. The first-order valence-corrected chi connectivity index (χ1v) is 3.38. The Bertz CT molecular complexity index is 118. The van der Waals surface area contributed by atoms with E-state index >= 15 is 0 Å². The summed E-state index contributed by atoms with van der Waals surface area (Å²) in [6, 6.07) is 0. The molecule has 1 fully saturated rings. The number of aliphatic carboxylic acids is 1. The average Bonchev–Trinajstić information content (AvgIpc) is 2.12. The normalized spacial score (nSPS) is 27.4. The Hall–Kier alpha value is -0.610. The molecule has 1 aliphatic heterocycles. The molecule has 4 nitrogen and oxygen atoms in total. The molecule has 10 heavy (non-hydrogen) atoms. The minimum absolute atomic E-state index is 0.275. The van der Waals surface area contributed by atoms with E-state index in [9.17, 15) is 4.79 Å². The van der Waals surface area contributed by atoms with Gasteiger partial charge in [-0.2, -0.15) is 0 Å². The highest BCUT2D eigenvalue weighted by atomic mass is 16.6. The van der Waals surface area contributed by atoms with Gasteiger partial charge in [-0.15, -0.1) is 0 Å². The van der Waals surface area contributed by atoms with Crippen LogP contribution in [0.25, 0.3) is 0 Å². The van der Waals surface area contributed by atoms with Crippen LogP contribution in [0, 0.1) is 5.92 Å². The van der Waals surface area contributed by atoms with Crippen LogP contribution in [0.5, 0.6) is 0 Å². The molecule has 2 N–H and O–H groups in total. The van der Waals surface area contributed by atoms with Crippen LogP contribution in [0.1, 0.15) is 12.8 Å². The van der Waals surface area contributed by atoms with E-state index in [2.05, 4.69) is 5.48 Å². The maximum absolute atomic E-state index is 10.4. The monoisotopic (exact) mass is 145 g/mol. The van der Waals surface area contributed by atoms with E-state index in [4.69, 9.17) is 9.94 Å². The van der Waals surface area contributed by atoms with E-state index < -0.39 is 5.97 Å². The van der Waals surface area contributed by atoms with Crippen molar-refractivity contribution >= 4 is 5.97 Å². The summed E-state index contributed by atoms with van der Waals surface area (Å²) in [5.74, 6) is -1.01. The Morgan fingerprint density at radius 2 is 2.50 bits per heavy atom. The second kappa shape index (κ2) is 3.53. The number of carbonyl (C=O) groups is 1. The summed E-state index contributed by atoms with van der Waals surface area (Å²) in [5, 5.41) is 8.57. The topological polar surface area (TPSA) is 58.6 Å². The van der Waals surface area contributed by atoms with E-state index in [0.29, 0.717) is 19.6 Å². The molecule has 58 valence electrons. The zero-order chi connectivity index (χ0) is 7.40. The molecule has 0 radical (unpaired) electrons. The molecule has 1 rings (SSSR count). The lowest BCUT2D eigenvalue weighted by Crippen LogP contribution is -2.25.